The van der Waals surface area contributed by atoms with E-state index in [0.29, 0.717) is 6.04 Å². The second-order valence-electron chi connectivity index (χ2n) is 5.51. The van der Waals surface area contributed by atoms with Crippen molar-refractivity contribution in [2.75, 3.05) is 5.32 Å². The number of fused-ring (bicyclic) bond motifs is 1. The number of nitrogens with zero attached hydrogens (tertiary/aromatic N) is 1. The molecule has 1 heterocycles. The zero-order valence-corrected chi connectivity index (χ0v) is 13.3. The van der Waals surface area contributed by atoms with E-state index < -0.39 is 0 Å². The van der Waals surface area contributed by atoms with Gasteiger partial charge in [-0.1, -0.05) is 53.8 Å². The molecule has 21 heavy (non-hydrogen) atoms. The molecule has 1 atom stereocenters. The van der Waals surface area contributed by atoms with Crippen LogP contribution in [0.15, 0.2) is 48.5 Å². The summed E-state index contributed by atoms with van der Waals surface area (Å²) in [5, 5.41) is 4.56. The van der Waals surface area contributed by atoms with Crippen molar-refractivity contribution in [1.29, 1.82) is 0 Å². The fraction of sp³-hybridized carbons (Fsp3) is 0.278. The Kier molecular flexibility index (Phi) is 4.20. The van der Waals surface area contributed by atoms with Crippen molar-refractivity contribution >= 4 is 26.7 Å². The van der Waals surface area contributed by atoms with Crippen LogP contribution in [0.1, 0.15) is 24.5 Å². The summed E-state index contributed by atoms with van der Waals surface area (Å²) >= 11 is 1.74. The van der Waals surface area contributed by atoms with Gasteiger partial charge in [-0.25, -0.2) is 4.98 Å². The molecule has 1 aromatic heterocycles. The molecule has 3 heteroatoms. The van der Waals surface area contributed by atoms with E-state index in [2.05, 4.69) is 67.7 Å². The fourth-order valence-corrected chi connectivity index (χ4v) is 3.51. The Morgan fingerprint density at radius 3 is 2.67 bits per heavy atom. The van der Waals surface area contributed by atoms with Gasteiger partial charge >= 0.3 is 0 Å². The average Bonchev–Trinajstić information content (AvgIpc) is 2.90. The number of aromatic nitrogens is 1. The normalized spacial score (nSPS) is 12.5. The first kappa shape index (κ1) is 14.1. The minimum absolute atomic E-state index is 0.422. The number of aryl methyl sites for hydroxylation is 2. The van der Waals surface area contributed by atoms with Crippen molar-refractivity contribution in [1.82, 2.24) is 4.98 Å². The Morgan fingerprint density at radius 1 is 1.10 bits per heavy atom. The number of anilines is 1. The third kappa shape index (κ3) is 3.42. The molecule has 0 saturated heterocycles. The first-order chi connectivity index (χ1) is 10.2. The quantitative estimate of drug-likeness (QED) is 0.713. The van der Waals surface area contributed by atoms with Crippen molar-refractivity contribution < 1.29 is 0 Å². The van der Waals surface area contributed by atoms with Gasteiger partial charge in [-0.15, -0.1) is 0 Å². The maximum atomic E-state index is 4.71. The van der Waals surface area contributed by atoms with E-state index in [1.165, 1.54) is 15.8 Å². The van der Waals surface area contributed by atoms with E-state index in [1.54, 1.807) is 11.3 Å². The van der Waals surface area contributed by atoms with Gasteiger partial charge in [0.15, 0.2) is 5.13 Å². The van der Waals surface area contributed by atoms with E-state index in [9.17, 15) is 0 Å². The van der Waals surface area contributed by atoms with Crippen LogP contribution >= 0.6 is 11.3 Å². The van der Waals surface area contributed by atoms with Gasteiger partial charge in [0.1, 0.15) is 0 Å². The highest BCUT2D eigenvalue weighted by Gasteiger charge is 2.08. The molecule has 0 saturated carbocycles. The van der Waals surface area contributed by atoms with Gasteiger partial charge in [-0.3, -0.25) is 0 Å². The van der Waals surface area contributed by atoms with Crippen molar-refractivity contribution in [2.24, 2.45) is 0 Å². The van der Waals surface area contributed by atoms with Crippen LogP contribution in [0, 0.1) is 6.92 Å². The van der Waals surface area contributed by atoms with E-state index in [4.69, 9.17) is 4.98 Å². The Balaban J connectivity index is 1.63. The molecule has 3 rings (SSSR count). The van der Waals surface area contributed by atoms with Crippen LogP contribution in [0.5, 0.6) is 0 Å². The van der Waals surface area contributed by atoms with Crippen LogP contribution in [0.3, 0.4) is 0 Å². The standard InChI is InChI=1S/C18H20N2S/c1-13-7-6-10-16-17(13)20-18(21-16)19-14(2)11-12-15-8-4-3-5-9-15/h3-10,14H,11-12H2,1-2H3,(H,19,20). The molecule has 0 fully saturated rings. The molecule has 3 aromatic rings. The highest BCUT2D eigenvalue weighted by molar-refractivity contribution is 7.22. The van der Waals surface area contributed by atoms with Gasteiger partial charge in [-0.2, -0.15) is 0 Å². The Morgan fingerprint density at radius 2 is 1.90 bits per heavy atom. The monoisotopic (exact) mass is 296 g/mol. The topological polar surface area (TPSA) is 24.9 Å². The number of thiazole rings is 1. The molecule has 0 radical (unpaired) electrons. The lowest BCUT2D eigenvalue weighted by molar-refractivity contribution is 0.705. The third-order valence-corrected chi connectivity index (χ3v) is 4.65. The summed E-state index contributed by atoms with van der Waals surface area (Å²) in [5.74, 6) is 0. The average molecular weight is 296 g/mol. The van der Waals surface area contributed by atoms with Crippen LogP contribution in [0.25, 0.3) is 10.2 Å². The van der Waals surface area contributed by atoms with Crippen molar-refractivity contribution in [2.45, 2.75) is 32.7 Å². The number of hydrogen-bond donors (Lipinski definition) is 1. The van der Waals surface area contributed by atoms with Crippen LogP contribution in [-0.2, 0) is 6.42 Å². The Hall–Kier alpha value is -1.87. The van der Waals surface area contributed by atoms with Crippen molar-refractivity contribution in [3.05, 3.63) is 59.7 Å². The minimum Gasteiger partial charge on any atom is -0.359 e. The number of benzene rings is 2. The van der Waals surface area contributed by atoms with Gasteiger partial charge in [0.25, 0.3) is 0 Å². The summed E-state index contributed by atoms with van der Waals surface area (Å²) in [5.41, 5.74) is 3.76. The summed E-state index contributed by atoms with van der Waals surface area (Å²) in [7, 11) is 0. The lowest BCUT2D eigenvalue weighted by Gasteiger charge is -2.12. The zero-order chi connectivity index (χ0) is 14.7. The molecule has 0 amide bonds. The van der Waals surface area contributed by atoms with Gasteiger partial charge in [0.05, 0.1) is 10.2 Å². The number of hydrogen-bond acceptors (Lipinski definition) is 3. The number of para-hydroxylation sites is 1. The van der Waals surface area contributed by atoms with Crippen LogP contribution in [0.2, 0.25) is 0 Å². The summed E-state index contributed by atoms with van der Waals surface area (Å²) in [6, 6.07) is 17.4. The lowest BCUT2D eigenvalue weighted by atomic mass is 10.1. The van der Waals surface area contributed by atoms with Crippen LogP contribution in [0.4, 0.5) is 5.13 Å². The molecule has 2 nitrogen and oxygen atoms in total. The minimum atomic E-state index is 0.422. The Labute approximate surface area is 129 Å². The maximum absolute atomic E-state index is 4.71. The smallest absolute Gasteiger partial charge is 0.184 e. The van der Waals surface area contributed by atoms with Gasteiger partial charge < -0.3 is 5.32 Å². The van der Waals surface area contributed by atoms with E-state index in [0.717, 1.165) is 23.5 Å². The molecule has 0 aliphatic carbocycles. The Bertz CT molecular complexity index is 718. The lowest BCUT2D eigenvalue weighted by Crippen LogP contribution is -2.15. The molecular formula is C18H20N2S. The van der Waals surface area contributed by atoms with E-state index in [-0.39, 0.29) is 0 Å². The van der Waals surface area contributed by atoms with Gasteiger partial charge in [0, 0.05) is 6.04 Å². The summed E-state index contributed by atoms with van der Waals surface area (Å²) in [6.07, 6.45) is 2.21. The van der Waals surface area contributed by atoms with Crippen molar-refractivity contribution in [3.8, 4) is 0 Å². The molecule has 0 aliphatic heterocycles. The van der Waals surface area contributed by atoms with Gasteiger partial charge in [0.2, 0.25) is 0 Å². The molecule has 0 aliphatic rings. The first-order valence-corrected chi connectivity index (χ1v) is 8.20. The third-order valence-electron chi connectivity index (χ3n) is 3.70. The molecule has 108 valence electrons. The van der Waals surface area contributed by atoms with Crippen LogP contribution in [-0.4, -0.2) is 11.0 Å². The first-order valence-electron chi connectivity index (χ1n) is 7.39. The number of rotatable bonds is 5. The second-order valence-corrected chi connectivity index (χ2v) is 6.54. The highest BCUT2D eigenvalue weighted by atomic mass is 32.1. The maximum Gasteiger partial charge on any atom is 0.184 e. The summed E-state index contributed by atoms with van der Waals surface area (Å²) in [4.78, 5) is 4.71. The zero-order valence-electron chi connectivity index (χ0n) is 12.5. The summed E-state index contributed by atoms with van der Waals surface area (Å²) < 4.78 is 1.26. The largest absolute Gasteiger partial charge is 0.359 e. The van der Waals surface area contributed by atoms with E-state index in [1.807, 2.05) is 0 Å². The number of nitrogens with one attached hydrogen (secondary N) is 1. The predicted octanol–water partition coefficient (Wildman–Crippen LogP) is 5.04. The molecule has 1 unspecified atom stereocenters. The molecule has 0 spiro atoms. The second kappa shape index (κ2) is 6.27. The predicted molar refractivity (Wildman–Crippen MR) is 92.2 cm³/mol. The highest BCUT2D eigenvalue weighted by Crippen LogP contribution is 2.28. The fourth-order valence-electron chi connectivity index (χ4n) is 2.46. The summed E-state index contributed by atoms with van der Waals surface area (Å²) in [6.45, 7) is 4.34. The SMILES string of the molecule is Cc1cccc2sc(NC(C)CCc3ccccc3)nc12. The van der Waals surface area contributed by atoms with Crippen LogP contribution < -0.4 is 5.32 Å². The van der Waals surface area contributed by atoms with Crippen molar-refractivity contribution in [3.63, 3.8) is 0 Å². The van der Waals surface area contributed by atoms with Gasteiger partial charge in [-0.05, 0) is 43.9 Å². The molecule has 2 aromatic carbocycles. The molecular weight excluding hydrogens is 276 g/mol. The molecule has 1 N–H and O–H groups in total. The van der Waals surface area contributed by atoms with E-state index >= 15 is 0 Å². The molecule has 0 bridgehead atoms.